The van der Waals surface area contributed by atoms with Crippen LogP contribution < -0.4 is 0 Å². The molecule has 0 saturated heterocycles. The molecule has 0 aromatic heterocycles. The molecule has 3 aromatic rings. The van der Waals surface area contributed by atoms with Gasteiger partial charge in [0.25, 0.3) is 0 Å². The van der Waals surface area contributed by atoms with E-state index < -0.39 is 17.7 Å². The summed E-state index contributed by atoms with van der Waals surface area (Å²) in [4.78, 5) is 36.6. The van der Waals surface area contributed by atoms with Gasteiger partial charge in [-0.2, -0.15) is 0 Å². The molecule has 152 valence electrons. The summed E-state index contributed by atoms with van der Waals surface area (Å²) in [5.74, 6) is -3.40. The Balaban J connectivity index is 1.65. The number of hydrogen-bond donors (Lipinski definition) is 1. The summed E-state index contributed by atoms with van der Waals surface area (Å²) in [5.41, 5.74) is 3.21. The highest BCUT2D eigenvalue weighted by molar-refractivity contribution is 6.30. The van der Waals surface area contributed by atoms with Gasteiger partial charge in [-0.15, -0.1) is 0 Å². The van der Waals surface area contributed by atoms with Gasteiger partial charge in [-0.25, -0.2) is 0 Å². The van der Waals surface area contributed by atoms with E-state index in [-0.39, 0.29) is 18.6 Å². The number of aryl methyl sites for hydroxylation is 1. The van der Waals surface area contributed by atoms with Crippen molar-refractivity contribution in [2.75, 3.05) is 0 Å². The summed E-state index contributed by atoms with van der Waals surface area (Å²) in [6, 6.07) is 23.6. The van der Waals surface area contributed by atoms with Gasteiger partial charge in [0.2, 0.25) is 0 Å². The smallest absolute Gasteiger partial charge is 0.314 e. The van der Waals surface area contributed by atoms with E-state index in [0.29, 0.717) is 17.0 Å². The van der Waals surface area contributed by atoms with Gasteiger partial charge < -0.3 is 5.11 Å². The minimum atomic E-state index is -1.34. The second kappa shape index (κ2) is 9.99. The predicted molar refractivity (Wildman–Crippen MR) is 117 cm³/mol. The second-order valence-electron chi connectivity index (χ2n) is 7.05. The Labute approximate surface area is 180 Å². The van der Waals surface area contributed by atoms with Crippen LogP contribution in [0, 0.1) is 5.92 Å². The zero-order chi connectivity index (χ0) is 21.5. The van der Waals surface area contributed by atoms with E-state index in [9.17, 15) is 19.5 Å². The van der Waals surface area contributed by atoms with Gasteiger partial charge >= 0.3 is 5.97 Å². The standard InChI is InChI=1S/C25H21ClO4/c26-21-13-11-19(12-14-21)18-7-9-20(10-8-18)24(28)16-22(25(29)30)23(27)15-6-17-4-2-1-3-5-17/h1-5,7-14,22H,6,15-16H2,(H,29,30). The van der Waals surface area contributed by atoms with Crippen molar-refractivity contribution in [2.45, 2.75) is 19.3 Å². The molecule has 1 unspecified atom stereocenters. The van der Waals surface area contributed by atoms with Crippen LogP contribution in [0.2, 0.25) is 5.02 Å². The first kappa shape index (κ1) is 21.5. The van der Waals surface area contributed by atoms with E-state index in [0.717, 1.165) is 16.7 Å². The number of carbonyl (C=O) groups is 3. The Morgan fingerprint density at radius 1 is 0.800 bits per heavy atom. The van der Waals surface area contributed by atoms with Gasteiger partial charge in [-0.1, -0.05) is 78.3 Å². The molecule has 0 spiro atoms. The predicted octanol–water partition coefficient (Wildman–Crippen LogP) is 5.48. The van der Waals surface area contributed by atoms with E-state index in [1.807, 2.05) is 42.5 Å². The highest BCUT2D eigenvalue weighted by Gasteiger charge is 2.28. The summed E-state index contributed by atoms with van der Waals surface area (Å²) in [6.45, 7) is 0. The lowest BCUT2D eigenvalue weighted by Gasteiger charge is -2.11. The average molecular weight is 421 g/mol. The highest BCUT2D eigenvalue weighted by Crippen LogP contribution is 2.23. The molecule has 0 aliphatic rings. The Bertz CT molecular complexity index is 1030. The van der Waals surface area contributed by atoms with Crippen molar-refractivity contribution >= 4 is 29.1 Å². The molecule has 3 rings (SSSR count). The Hall–Kier alpha value is -3.24. The van der Waals surface area contributed by atoms with Crippen molar-refractivity contribution in [2.24, 2.45) is 5.92 Å². The van der Waals surface area contributed by atoms with E-state index in [1.54, 1.807) is 36.4 Å². The van der Waals surface area contributed by atoms with Gasteiger partial charge in [0.05, 0.1) is 0 Å². The maximum Gasteiger partial charge on any atom is 0.314 e. The number of halogens is 1. The number of carboxylic acids is 1. The van der Waals surface area contributed by atoms with E-state index in [1.165, 1.54) is 0 Å². The van der Waals surface area contributed by atoms with E-state index in [4.69, 9.17) is 11.6 Å². The third kappa shape index (κ3) is 5.65. The number of hydrogen-bond acceptors (Lipinski definition) is 3. The molecule has 1 atom stereocenters. The van der Waals surface area contributed by atoms with Crippen LogP contribution in [0.5, 0.6) is 0 Å². The topological polar surface area (TPSA) is 71.4 Å². The van der Waals surface area contributed by atoms with Gasteiger partial charge in [0, 0.05) is 23.4 Å². The molecule has 0 aliphatic carbocycles. The van der Waals surface area contributed by atoms with Crippen molar-refractivity contribution in [3.8, 4) is 11.1 Å². The number of carboxylic acid groups (broad SMARTS) is 1. The average Bonchev–Trinajstić information content (AvgIpc) is 2.77. The molecule has 5 heteroatoms. The molecule has 4 nitrogen and oxygen atoms in total. The van der Waals surface area contributed by atoms with E-state index in [2.05, 4.69) is 0 Å². The summed E-state index contributed by atoms with van der Waals surface area (Å²) in [5, 5.41) is 10.1. The normalized spacial score (nSPS) is 11.6. The molecule has 0 radical (unpaired) electrons. The van der Waals surface area contributed by atoms with Crippen LogP contribution in [-0.2, 0) is 16.0 Å². The van der Waals surface area contributed by atoms with Crippen molar-refractivity contribution < 1.29 is 19.5 Å². The number of rotatable bonds is 9. The maximum absolute atomic E-state index is 12.6. The van der Waals surface area contributed by atoms with Crippen LogP contribution in [0.3, 0.4) is 0 Å². The number of benzene rings is 3. The molecule has 1 N–H and O–H groups in total. The summed E-state index contributed by atoms with van der Waals surface area (Å²) in [7, 11) is 0. The molecular weight excluding hydrogens is 400 g/mol. The summed E-state index contributed by atoms with van der Waals surface area (Å²) >= 11 is 5.90. The molecule has 0 heterocycles. The van der Waals surface area contributed by atoms with Crippen LogP contribution in [0.1, 0.15) is 28.8 Å². The fourth-order valence-electron chi connectivity index (χ4n) is 3.22. The molecule has 30 heavy (non-hydrogen) atoms. The van der Waals surface area contributed by atoms with Gasteiger partial charge in [0.15, 0.2) is 5.78 Å². The lowest BCUT2D eigenvalue weighted by molar-refractivity contribution is -0.146. The van der Waals surface area contributed by atoms with Crippen molar-refractivity contribution in [3.63, 3.8) is 0 Å². The summed E-state index contributed by atoms with van der Waals surface area (Å²) in [6.07, 6.45) is 0.195. The number of ketones is 2. The van der Waals surface area contributed by atoms with Crippen LogP contribution in [-0.4, -0.2) is 22.6 Å². The van der Waals surface area contributed by atoms with Gasteiger partial charge in [-0.05, 0) is 35.2 Å². The Morgan fingerprint density at radius 3 is 1.93 bits per heavy atom. The molecule has 3 aromatic carbocycles. The number of carbonyl (C=O) groups excluding carboxylic acids is 2. The van der Waals surface area contributed by atoms with Crippen molar-refractivity contribution in [1.29, 1.82) is 0 Å². The first-order valence-corrected chi connectivity index (χ1v) is 10.0. The quantitative estimate of drug-likeness (QED) is 0.367. The molecule has 0 amide bonds. The monoisotopic (exact) mass is 420 g/mol. The minimum Gasteiger partial charge on any atom is -0.481 e. The molecule has 0 fully saturated rings. The van der Waals surface area contributed by atoms with Crippen LogP contribution >= 0.6 is 11.6 Å². The van der Waals surface area contributed by atoms with Crippen LogP contribution in [0.4, 0.5) is 0 Å². The lowest BCUT2D eigenvalue weighted by Crippen LogP contribution is -2.27. The molecular formula is C25H21ClO4. The minimum absolute atomic E-state index is 0.0871. The van der Waals surface area contributed by atoms with Gasteiger partial charge in [0.1, 0.15) is 11.7 Å². The summed E-state index contributed by atoms with van der Waals surface area (Å²) < 4.78 is 0. The van der Waals surface area contributed by atoms with Crippen LogP contribution in [0.25, 0.3) is 11.1 Å². The number of aliphatic carboxylic acids is 1. The van der Waals surface area contributed by atoms with Gasteiger partial charge in [-0.3, -0.25) is 14.4 Å². The Kier molecular flexibility index (Phi) is 7.15. The van der Waals surface area contributed by atoms with Crippen molar-refractivity contribution in [1.82, 2.24) is 0 Å². The SMILES string of the molecule is O=C(CC(C(=O)O)C(=O)CCc1ccccc1)c1ccc(-c2ccc(Cl)cc2)cc1. The van der Waals surface area contributed by atoms with E-state index >= 15 is 0 Å². The molecule has 0 aliphatic heterocycles. The maximum atomic E-state index is 12.6. The molecule has 0 bridgehead atoms. The fraction of sp³-hybridized carbons (Fsp3) is 0.160. The Morgan fingerprint density at radius 2 is 1.37 bits per heavy atom. The third-order valence-electron chi connectivity index (χ3n) is 4.96. The highest BCUT2D eigenvalue weighted by atomic mass is 35.5. The third-order valence-corrected chi connectivity index (χ3v) is 5.22. The fourth-order valence-corrected chi connectivity index (χ4v) is 3.35. The first-order valence-electron chi connectivity index (χ1n) is 9.62. The second-order valence-corrected chi connectivity index (χ2v) is 7.49. The largest absolute Gasteiger partial charge is 0.481 e. The zero-order valence-electron chi connectivity index (χ0n) is 16.3. The lowest BCUT2D eigenvalue weighted by atomic mass is 9.91. The zero-order valence-corrected chi connectivity index (χ0v) is 17.0. The number of Topliss-reactive ketones (excluding diaryl/α,β-unsaturated/α-hetero) is 2. The first-order chi connectivity index (χ1) is 14.4. The van der Waals surface area contributed by atoms with Crippen molar-refractivity contribution in [3.05, 3.63) is 95.0 Å². The molecule has 0 saturated carbocycles. The van der Waals surface area contributed by atoms with Crippen LogP contribution in [0.15, 0.2) is 78.9 Å².